The summed E-state index contributed by atoms with van der Waals surface area (Å²) in [4.78, 5) is 19.5. The smallest absolute Gasteiger partial charge is 0.221 e. The van der Waals surface area contributed by atoms with Crippen molar-refractivity contribution >= 4 is 40.3 Å². The molecule has 9 nitrogen and oxygen atoms in total. The third-order valence-corrected chi connectivity index (χ3v) is 4.01. The van der Waals surface area contributed by atoms with Crippen LogP contribution in [0.5, 0.6) is 11.5 Å². The second-order valence-corrected chi connectivity index (χ2v) is 6.06. The number of methoxy groups -OCH3 is 2. The van der Waals surface area contributed by atoms with Crippen LogP contribution in [0.4, 0.5) is 34.4 Å². The average Bonchev–Trinajstić information content (AvgIpc) is 2.72. The summed E-state index contributed by atoms with van der Waals surface area (Å²) in [6.07, 6.45) is 1.41. The average molecular weight is 394 g/mol. The van der Waals surface area contributed by atoms with Crippen molar-refractivity contribution in [2.24, 2.45) is 0 Å². The number of aromatic nitrogens is 2. The molecule has 0 spiro atoms. The first-order valence-corrected chi connectivity index (χ1v) is 8.74. The lowest BCUT2D eigenvalue weighted by atomic mass is 10.2. The number of nitrogens with two attached hydrogens (primary N) is 1. The standard InChI is InChI=1S/C20H22N6O3/c1-12(27)24-13-4-6-14(7-5-13)25-19-18(21)20(23-11-22-19)26-16-9-8-15(28-2)10-17(16)29-3/h4-11H,21H2,1-3H3,(H,24,27)(H2,22,23,25,26). The lowest BCUT2D eigenvalue weighted by Crippen LogP contribution is -2.07. The molecule has 0 aliphatic carbocycles. The maximum absolute atomic E-state index is 11.1. The van der Waals surface area contributed by atoms with Gasteiger partial charge in [0.2, 0.25) is 5.91 Å². The fourth-order valence-electron chi connectivity index (χ4n) is 2.60. The molecule has 3 rings (SSSR count). The van der Waals surface area contributed by atoms with Gasteiger partial charge in [0.25, 0.3) is 0 Å². The Morgan fingerprint density at radius 3 is 2.21 bits per heavy atom. The molecule has 0 aliphatic rings. The zero-order chi connectivity index (χ0) is 20.8. The molecule has 2 aromatic carbocycles. The van der Waals surface area contributed by atoms with Crippen LogP contribution in [0.2, 0.25) is 0 Å². The van der Waals surface area contributed by atoms with E-state index in [1.54, 1.807) is 38.5 Å². The van der Waals surface area contributed by atoms with Crippen molar-refractivity contribution in [3.8, 4) is 11.5 Å². The minimum Gasteiger partial charge on any atom is -0.497 e. The molecule has 1 amide bonds. The van der Waals surface area contributed by atoms with E-state index in [9.17, 15) is 4.79 Å². The Kier molecular flexibility index (Phi) is 5.98. The highest BCUT2D eigenvalue weighted by Crippen LogP contribution is 2.34. The number of ether oxygens (including phenoxy) is 2. The van der Waals surface area contributed by atoms with Gasteiger partial charge in [-0.1, -0.05) is 0 Å². The number of nitrogens with one attached hydrogen (secondary N) is 3. The molecule has 3 aromatic rings. The number of nitrogens with zero attached hydrogens (tertiary/aromatic N) is 2. The van der Waals surface area contributed by atoms with Crippen molar-refractivity contribution in [2.45, 2.75) is 6.92 Å². The van der Waals surface area contributed by atoms with Crippen LogP contribution in [0, 0.1) is 0 Å². The van der Waals surface area contributed by atoms with E-state index in [2.05, 4.69) is 25.9 Å². The highest BCUT2D eigenvalue weighted by molar-refractivity contribution is 5.89. The highest BCUT2D eigenvalue weighted by atomic mass is 16.5. The summed E-state index contributed by atoms with van der Waals surface area (Å²) in [7, 11) is 3.16. The minimum absolute atomic E-state index is 0.129. The summed E-state index contributed by atoms with van der Waals surface area (Å²) in [6, 6.07) is 12.6. The van der Waals surface area contributed by atoms with E-state index in [4.69, 9.17) is 15.2 Å². The summed E-state index contributed by atoms with van der Waals surface area (Å²) in [5, 5.41) is 9.02. The Bertz CT molecular complexity index is 1010. The van der Waals surface area contributed by atoms with E-state index < -0.39 is 0 Å². The number of carbonyl (C=O) groups excluding carboxylic acids is 1. The zero-order valence-electron chi connectivity index (χ0n) is 16.3. The first-order valence-electron chi connectivity index (χ1n) is 8.74. The van der Waals surface area contributed by atoms with E-state index in [1.807, 2.05) is 18.2 Å². The van der Waals surface area contributed by atoms with Gasteiger partial charge in [0.05, 0.1) is 19.9 Å². The lowest BCUT2D eigenvalue weighted by molar-refractivity contribution is -0.114. The van der Waals surface area contributed by atoms with Crippen LogP contribution in [-0.2, 0) is 4.79 Å². The molecule has 29 heavy (non-hydrogen) atoms. The topological polar surface area (TPSA) is 123 Å². The van der Waals surface area contributed by atoms with Crippen LogP contribution in [0.15, 0.2) is 48.8 Å². The van der Waals surface area contributed by atoms with Gasteiger partial charge < -0.3 is 31.2 Å². The zero-order valence-corrected chi connectivity index (χ0v) is 16.3. The summed E-state index contributed by atoms with van der Waals surface area (Å²) in [5.74, 6) is 2.01. The highest BCUT2D eigenvalue weighted by Gasteiger charge is 2.12. The summed E-state index contributed by atoms with van der Waals surface area (Å²) < 4.78 is 10.6. The minimum atomic E-state index is -0.129. The molecule has 5 N–H and O–H groups in total. The second kappa shape index (κ2) is 8.79. The summed E-state index contributed by atoms with van der Waals surface area (Å²) >= 11 is 0. The molecule has 0 atom stereocenters. The van der Waals surface area contributed by atoms with Gasteiger partial charge in [0.1, 0.15) is 23.5 Å². The molecule has 0 saturated carbocycles. The molecule has 1 aromatic heterocycles. The fourth-order valence-corrected chi connectivity index (χ4v) is 2.60. The largest absolute Gasteiger partial charge is 0.497 e. The maximum Gasteiger partial charge on any atom is 0.221 e. The van der Waals surface area contributed by atoms with Crippen LogP contribution in [0.1, 0.15) is 6.92 Å². The molecule has 150 valence electrons. The van der Waals surface area contributed by atoms with Gasteiger partial charge in [-0.05, 0) is 36.4 Å². The van der Waals surface area contributed by atoms with Crippen molar-refractivity contribution in [3.63, 3.8) is 0 Å². The predicted molar refractivity (Wildman–Crippen MR) is 113 cm³/mol. The van der Waals surface area contributed by atoms with Crippen molar-refractivity contribution < 1.29 is 14.3 Å². The summed E-state index contributed by atoms with van der Waals surface area (Å²) in [5.41, 5.74) is 8.74. The molecule has 0 bridgehead atoms. The molecule has 0 fully saturated rings. The van der Waals surface area contributed by atoms with Gasteiger partial charge in [-0.25, -0.2) is 9.97 Å². The third-order valence-electron chi connectivity index (χ3n) is 4.01. The molecular weight excluding hydrogens is 372 g/mol. The van der Waals surface area contributed by atoms with Crippen molar-refractivity contribution in [1.82, 2.24) is 9.97 Å². The third kappa shape index (κ3) is 4.83. The van der Waals surface area contributed by atoms with Gasteiger partial charge in [-0.2, -0.15) is 0 Å². The Morgan fingerprint density at radius 2 is 1.59 bits per heavy atom. The van der Waals surface area contributed by atoms with Crippen LogP contribution < -0.4 is 31.2 Å². The second-order valence-electron chi connectivity index (χ2n) is 6.06. The molecule has 0 aliphatic heterocycles. The molecule has 0 unspecified atom stereocenters. The van der Waals surface area contributed by atoms with E-state index in [1.165, 1.54) is 13.3 Å². The predicted octanol–water partition coefficient (Wildman–Crippen LogP) is 3.52. The van der Waals surface area contributed by atoms with Crippen LogP contribution in [0.25, 0.3) is 0 Å². The lowest BCUT2D eigenvalue weighted by Gasteiger charge is -2.15. The Labute approximate surface area is 168 Å². The number of amides is 1. The van der Waals surface area contributed by atoms with Crippen molar-refractivity contribution in [1.29, 1.82) is 0 Å². The first-order chi connectivity index (χ1) is 14.0. The van der Waals surface area contributed by atoms with Crippen LogP contribution >= 0.6 is 0 Å². The van der Waals surface area contributed by atoms with Crippen molar-refractivity contribution in [2.75, 3.05) is 35.9 Å². The van der Waals surface area contributed by atoms with Gasteiger partial charge in [-0.15, -0.1) is 0 Å². The number of hydrogen-bond donors (Lipinski definition) is 4. The summed E-state index contributed by atoms with van der Waals surface area (Å²) in [6.45, 7) is 1.46. The van der Waals surface area contributed by atoms with Crippen LogP contribution in [0.3, 0.4) is 0 Å². The fraction of sp³-hybridized carbons (Fsp3) is 0.150. The normalized spacial score (nSPS) is 10.2. The number of carbonyl (C=O) groups is 1. The Hall–Kier alpha value is -4.01. The van der Waals surface area contributed by atoms with Gasteiger partial charge in [0, 0.05) is 24.4 Å². The van der Waals surface area contributed by atoms with E-state index >= 15 is 0 Å². The number of anilines is 6. The first kappa shape index (κ1) is 19.7. The van der Waals surface area contributed by atoms with E-state index in [0.717, 1.165) is 5.69 Å². The molecule has 1 heterocycles. The Balaban J connectivity index is 1.80. The van der Waals surface area contributed by atoms with E-state index in [0.29, 0.717) is 40.2 Å². The van der Waals surface area contributed by atoms with Gasteiger partial charge in [-0.3, -0.25) is 4.79 Å². The quantitative estimate of drug-likeness (QED) is 0.480. The number of nitrogen functional groups attached to an aromatic ring is 1. The molecule has 0 saturated heterocycles. The maximum atomic E-state index is 11.1. The SMILES string of the molecule is COc1ccc(Nc2ncnc(Nc3ccc(NC(C)=O)cc3)c2N)c(OC)c1. The van der Waals surface area contributed by atoms with Gasteiger partial charge >= 0.3 is 0 Å². The number of hydrogen-bond acceptors (Lipinski definition) is 8. The Morgan fingerprint density at radius 1 is 0.931 bits per heavy atom. The molecule has 9 heteroatoms. The van der Waals surface area contributed by atoms with Crippen molar-refractivity contribution in [3.05, 3.63) is 48.8 Å². The monoisotopic (exact) mass is 394 g/mol. The van der Waals surface area contributed by atoms with Crippen LogP contribution in [-0.4, -0.2) is 30.1 Å². The van der Waals surface area contributed by atoms with Gasteiger partial charge in [0.15, 0.2) is 11.6 Å². The number of benzene rings is 2. The number of rotatable bonds is 7. The van der Waals surface area contributed by atoms with E-state index in [-0.39, 0.29) is 5.91 Å². The molecular formula is C20H22N6O3. The molecule has 0 radical (unpaired) electrons.